The summed E-state index contributed by atoms with van der Waals surface area (Å²) in [5.74, 6) is -1.10. The van der Waals surface area contributed by atoms with Crippen LogP contribution in [0.4, 0.5) is 10.7 Å². The topological polar surface area (TPSA) is 98.5 Å². The van der Waals surface area contributed by atoms with E-state index < -0.39 is 16.8 Å². The van der Waals surface area contributed by atoms with Crippen LogP contribution in [0.2, 0.25) is 5.02 Å². The SMILES string of the molecule is CCOC(=O)c1c(NC(=O)c2ccc(Cl)c([N+](=O)[O-])c2)sc(C)c1C. The third-order valence-electron chi connectivity index (χ3n) is 3.50. The Kier molecular flexibility index (Phi) is 5.76. The van der Waals surface area contributed by atoms with Crippen LogP contribution in [0.25, 0.3) is 0 Å². The number of nitrogens with one attached hydrogen (secondary N) is 1. The van der Waals surface area contributed by atoms with E-state index in [1.807, 2.05) is 6.92 Å². The van der Waals surface area contributed by atoms with Gasteiger partial charge in [0.1, 0.15) is 10.0 Å². The summed E-state index contributed by atoms with van der Waals surface area (Å²) >= 11 is 6.99. The van der Waals surface area contributed by atoms with E-state index in [2.05, 4.69) is 5.32 Å². The smallest absolute Gasteiger partial charge is 0.341 e. The van der Waals surface area contributed by atoms with Crippen molar-refractivity contribution in [1.29, 1.82) is 0 Å². The van der Waals surface area contributed by atoms with Crippen LogP contribution in [0.15, 0.2) is 18.2 Å². The lowest BCUT2D eigenvalue weighted by Gasteiger charge is -2.07. The molecule has 132 valence electrons. The van der Waals surface area contributed by atoms with Crippen LogP contribution in [0, 0.1) is 24.0 Å². The maximum atomic E-state index is 12.4. The number of anilines is 1. The highest BCUT2D eigenvalue weighted by Crippen LogP contribution is 2.34. The molecular formula is C16H15ClN2O5S. The molecule has 0 fully saturated rings. The van der Waals surface area contributed by atoms with Crippen molar-refractivity contribution in [2.45, 2.75) is 20.8 Å². The highest BCUT2D eigenvalue weighted by Gasteiger charge is 2.23. The summed E-state index contributed by atoms with van der Waals surface area (Å²) in [6, 6.07) is 3.75. The molecule has 2 rings (SSSR count). The number of carbonyl (C=O) groups is 2. The highest BCUT2D eigenvalue weighted by atomic mass is 35.5. The maximum absolute atomic E-state index is 12.4. The van der Waals surface area contributed by atoms with Gasteiger partial charge in [-0.2, -0.15) is 0 Å². The molecule has 1 aromatic carbocycles. The number of hydrogen-bond acceptors (Lipinski definition) is 6. The first kappa shape index (κ1) is 18.9. The summed E-state index contributed by atoms with van der Waals surface area (Å²) < 4.78 is 5.03. The summed E-state index contributed by atoms with van der Waals surface area (Å²) in [4.78, 5) is 35.7. The van der Waals surface area contributed by atoms with Crippen LogP contribution >= 0.6 is 22.9 Å². The number of thiophene rings is 1. The number of rotatable bonds is 5. The van der Waals surface area contributed by atoms with E-state index in [0.717, 1.165) is 16.5 Å². The van der Waals surface area contributed by atoms with Crippen LogP contribution in [0.5, 0.6) is 0 Å². The van der Waals surface area contributed by atoms with Crippen LogP contribution < -0.4 is 5.32 Å². The minimum atomic E-state index is -0.664. The molecule has 0 aliphatic heterocycles. The van der Waals surface area contributed by atoms with Crippen molar-refractivity contribution in [1.82, 2.24) is 0 Å². The molecule has 1 heterocycles. The minimum absolute atomic E-state index is 0.0587. The Hall–Kier alpha value is -2.45. The number of ether oxygens (including phenoxy) is 1. The number of carbonyl (C=O) groups excluding carboxylic acids is 2. The van der Waals surface area contributed by atoms with Gasteiger partial charge in [-0.1, -0.05) is 11.6 Å². The summed E-state index contributed by atoms with van der Waals surface area (Å²) in [5, 5.41) is 13.9. The molecule has 1 N–H and O–H groups in total. The fourth-order valence-corrected chi connectivity index (χ4v) is 3.36. The Bertz CT molecular complexity index is 862. The molecule has 0 atom stereocenters. The molecule has 0 radical (unpaired) electrons. The van der Waals surface area contributed by atoms with E-state index in [0.29, 0.717) is 10.6 Å². The number of benzene rings is 1. The molecule has 0 unspecified atom stereocenters. The molecule has 9 heteroatoms. The van der Waals surface area contributed by atoms with Gasteiger partial charge >= 0.3 is 5.97 Å². The molecule has 0 bridgehead atoms. The summed E-state index contributed by atoms with van der Waals surface area (Å²) in [6.45, 7) is 5.49. The van der Waals surface area contributed by atoms with Crippen molar-refractivity contribution >= 4 is 45.5 Å². The van der Waals surface area contributed by atoms with Gasteiger partial charge in [0.25, 0.3) is 11.6 Å². The number of halogens is 1. The minimum Gasteiger partial charge on any atom is -0.462 e. The first-order valence-corrected chi connectivity index (χ1v) is 8.48. The lowest BCUT2D eigenvalue weighted by molar-refractivity contribution is -0.384. The van der Waals surface area contributed by atoms with E-state index in [1.165, 1.54) is 23.5 Å². The molecule has 7 nitrogen and oxygen atoms in total. The van der Waals surface area contributed by atoms with Crippen molar-refractivity contribution in [3.8, 4) is 0 Å². The third-order valence-corrected chi connectivity index (χ3v) is 4.94. The average Bonchev–Trinajstić information content (AvgIpc) is 2.81. The molecule has 0 saturated heterocycles. The zero-order valence-corrected chi connectivity index (χ0v) is 15.3. The van der Waals surface area contributed by atoms with Crippen LogP contribution in [-0.4, -0.2) is 23.4 Å². The van der Waals surface area contributed by atoms with E-state index in [-0.39, 0.29) is 22.9 Å². The van der Waals surface area contributed by atoms with Gasteiger partial charge < -0.3 is 10.1 Å². The lowest BCUT2D eigenvalue weighted by Crippen LogP contribution is -2.15. The van der Waals surface area contributed by atoms with Crippen molar-refractivity contribution in [3.05, 3.63) is 54.9 Å². The van der Waals surface area contributed by atoms with Gasteiger partial charge in [-0.3, -0.25) is 14.9 Å². The second-order valence-electron chi connectivity index (χ2n) is 5.09. The first-order valence-electron chi connectivity index (χ1n) is 7.28. The van der Waals surface area contributed by atoms with Crippen molar-refractivity contribution < 1.29 is 19.2 Å². The Morgan fingerprint density at radius 1 is 1.36 bits per heavy atom. The largest absolute Gasteiger partial charge is 0.462 e. The summed E-state index contributed by atoms with van der Waals surface area (Å²) in [7, 11) is 0. The summed E-state index contributed by atoms with van der Waals surface area (Å²) in [6.07, 6.45) is 0. The maximum Gasteiger partial charge on any atom is 0.341 e. The quantitative estimate of drug-likeness (QED) is 0.470. The van der Waals surface area contributed by atoms with Gasteiger partial charge in [0, 0.05) is 16.5 Å². The summed E-state index contributed by atoms with van der Waals surface area (Å²) in [5.41, 5.74) is 0.718. The van der Waals surface area contributed by atoms with E-state index >= 15 is 0 Å². The Labute approximate surface area is 152 Å². The standard InChI is InChI=1S/C16H15ClN2O5S/c1-4-24-16(21)13-8(2)9(3)25-15(13)18-14(20)10-5-6-11(17)12(7-10)19(22)23/h5-7H,4H2,1-3H3,(H,18,20). The first-order chi connectivity index (χ1) is 11.8. The molecule has 1 aromatic heterocycles. The number of amides is 1. The zero-order valence-electron chi connectivity index (χ0n) is 13.7. The monoisotopic (exact) mass is 382 g/mol. The molecule has 0 aliphatic carbocycles. The van der Waals surface area contributed by atoms with Gasteiger partial charge in [-0.15, -0.1) is 11.3 Å². The zero-order chi connectivity index (χ0) is 18.7. The molecular weight excluding hydrogens is 368 g/mol. The van der Waals surface area contributed by atoms with Crippen molar-refractivity contribution in [2.75, 3.05) is 11.9 Å². The number of nitrogens with zero attached hydrogens (tertiary/aromatic N) is 1. The van der Waals surface area contributed by atoms with Gasteiger partial charge in [-0.05, 0) is 38.5 Å². The van der Waals surface area contributed by atoms with Gasteiger partial charge in [0.2, 0.25) is 0 Å². The number of hydrogen-bond donors (Lipinski definition) is 1. The van der Waals surface area contributed by atoms with Crippen molar-refractivity contribution in [3.63, 3.8) is 0 Å². The van der Waals surface area contributed by atoms with Crippen LogP contribution in [0.1, 0.15) is 38.1 Å². The number of nitro groups is 1. The molecule has 25 heavy (non-hydrogen) atoms. The highest BCUT2D eigenvalue weighted by molar-refractivity contribution is 7.16. The predicted molar refractivity (Wildman–Crippen MR) is 95.8 cm³/mol. The normalized spacial score (nSPS) is 10.4. The van der Waals surface area contributed by atoms with Crippen LogP contribution in [0.3, 0.4) is 0 Å². The van der Waals surface area contributed by atoms with E-state index in [9.17, 15) is 19.7 Å². The lowest BCUT2D eigenvalue weighted by atomic mass is 10.1. The Morgan fingerprint density at radius 3 is 2.64 bits per heavy atom. The van der Waals surface area contributed by atoms with E-state index in [1.54, 1.807) is 13.8 Å². The van der Waals surface area contributed by atoms with Gasteiger partial charge in [-0.25, -0.2) is 4.79 Å². The molecule has 0 spiro atoms. The second kappa shape index (κ2) is 7.62. The van der Waals surface area contributed by atoms with E-state index in [4.69, 9.17) is 16.3 Å². The Morgan fingerprint density at radius 2 is 2.04 bits per heavy atom. The molecule has 0 aliphatic rings. The fourth-order valence-electron chi connectivity index (χ4n) is 2.13. The Balaban J connectivity index is 2.36. The number of aryl methyl sites for hydroxylation is 1. The molecule has 0 saturated carbocycles. The van der Waals surface area contributed by atoms with Crippen LogP contribution in [-0.2, 0) is 4.74 Å². The fraction of sp³-hybridized carbons (Fsp3) is 0.250. The number of esters is 1. The van der Waals surface area contributed by atoms with Gasteiger partial charge in [0.05, 0.1) is 17.1 Å². The molecule has 1 amide bonds. The predicted octanol–water partition coefficient (Wildman–Crippen LogP) is 4.36. The van der Waals surface area contributed by atoms with Gasteiger partial charge in [0.15, 0.2) is 0 Å². The van der Waals surface area contributed by atoms with Crippen molar-refractivity contribution in [2.24, 2.45) is 0 Å². The number of nitro benzene ring substituents is 1. The molecule has 2 aromatic rings. The average molecular weight is 383 g/mol. The second-order valence-corrected chi connectivity index (χ2v) is 6.72. The third kappa shape index (κ3) is 3.97.